The lowest BCUT2D eigenvalue weighted by Crippen LogP contribution is -2.28. The maximum atomic E-state index is 13.2. The molecule has 4 rings (SSSR count). The molecular formula is C24H26N4O3. The van der Waals surface area contributed by atoms with E-state index in [1.54, 1.807) is 31.4 Å². The third kappa shape index (κ3) is 4.36. The second kappa shape index (κ2) is 8.73. The number of carbonyl (C=O) groups excluding carboxylic acids is 1. The number of aryl methyl sites for hydroxylation is 1. The Morgan fingerprint density at radius 3 is 2.65 bits per heavy atom. The summed E-state index contributed by atoms with van der Waals surface area (Å²) in [5.74, 6) is 0.352. The van der Waals surface area contributed by atoms with E-state index in [9.17, 15) is 4.79 Å². The summed E-state index contributed by atoms with van der Waals surface area (Å²) in [7, 11) is 2.10. The summed E-state index contributed by atoms with van der Waals surface area (Å²) in [4.78, 5) is 19.9. The highest BCUT2D eigenvalue weighted by molar-refractivity contribution is 6.06. The average Bonchev–Trinajstić information content (AvgIpc) is 3.42. The van der Waals surface area contributed by atoms with Crippen LogP contribution in [0.2, 0.25) is 0 Å². The molecule has 3 heterocycles. The smallest absolute Gasteiger partial charge is 0.259 e. The van der Waals surface area contributed by atoms with Crippen molar-refractivity contribution in [1.82, 2.24) is 20.4 Å². The summed E-state index contributed by atoms with van der Waals surface area (Å²) in [6, 6.07) is 13.9. The van der Waals surface area contributed by atoms with E-state index < -0.39 is 0 Å². The van der Waals surface area contributed by atoms with Gasteiger partial charge in [0.05, 0.1) is 22.9 Å². The Morgan fingerprint density at radius 1 is 1.16 bits per heavy atom. The summed E-state index contributed by atoms with van der Waals surface area (Å²) in [5, 5.41) is 7.66. The van der Waals surface area contributed by atoms with E-state index in [2.05, 4.69) is 47.3 Å². The molecule has 0 fully saturated rings. The molecule has 0 aliphatic rings. The van der Waals surface area contributed by atoms with Crippen molar-refractivity contribution < 1.29 is 13.7 Å². The van der Waals surface area contributed by atoms with Gasteiger partial charge in [-0.2, -0.15) is 0 Å². The van der Waals surface area contributed by atoms with Gasteiger partial charge in [0.1, 0.15) is 5.69 Å². The SMILES string of the molecule is Cc1noc2nc(-c3ccco3)cc(C(=O)NCc3ccccc3CN(C)C(C)C)c12. The molecular weight excluding hydrogens is 392 g/mol. The number of benzene rings is 1. The van der Waals surface area contributed by atoms with Gasteiger partial charge in [0.2, 0.25) is 0 Å². The maximum Gasteiger partial charge on any atom is 0.259 e. The molecule has 0 radical (unpaired) electrons. The van der Waals surface area contributed by atoms with Gasteiger partial charge >= 0.3 is 0 Å². The molecule has 7 nitrogen and oxygen atoms in total. The standard InChI is InChI=1S/C24H26N4O3/c1-15(2)28(4)14-18-9-6-5-8-17(18)13-25-23(29)19-12-20(21-10-7-11-30-21)26-24-22(19)16(3)27-31-24/h5-12,15H,13-14H2,1-4H3,(H,25,29). The first-order valence-electron chi connectivity index (χ1n) is 10.3. The molecule has 1 N–H and O–H groups in total. The number of nitrogens with one attached hydrogen (secondary N) is 1. The van der Waals surface area contributed by atoms with Crippen LogP contribution >= 0.6 is 0 Å². The Balaban J connectivity index is 1.61. The predicted octanol–water partition coefficient (Wildman–Crippen LogP) is 4.56. The number of aromatic nitrogens is 2. The number of hydrogen-bond acceptors (Lipinski definition) is 6. The normalized spacial score (nSPS) is 11.5. The lowest BCUT2D eigenvalue weighted by atomic mass is 10.1. The van der Waals surface area contributed by atoms with E-state index in [0.717, 1.165) is 12.1 Å². The molecule has 31 heavy (non-hydrogen) atoms. The van der Waals surface area contributed by atoms with Crippen LogP contribution < -0.4 is 5.32 Å². The van der Waals surface area contributed by atoms with Crippen LogP contribution in [-0.2, 0) is 13.1 Å². The predicted molar refractivity (Wildman–Crippen MR) is 118 cm³/mol. The first kappa shape index (κ1) is 20.8. The van der Waals surface area contributed by atoms with Gasteiger partial charge in [-0.1, -0.05) is 29.4 Å². The van der Waals surface area contributed by atoms with Gasteiger partial charge in [-0.3, -0.25) is 9.69 Å². The molecule has 0 unspecified atom stereocenters. The zero-order valence-corrected chi connectivity index (χ0v) is 18.2. The van der Waals surface area contributed by atoms with Crippen LogP contribution in [-0.4, -0.2) is 34.0 Å². The van der Waals surface area contributed by atoms with Gasteiger partial charge in [0, 0.05) is 19.1 Å². The molecule has 0 aliphatic carbocycles. The number of hydrogen-bond donors (Lipinski definition) is 1. The summed E-state index contributed by atoms with van der Waals surface area (Å²) in [5.41, 5.74) is 4.20. The zero-order chi connectivity index (χ0) is 22.0. The van der Waals surface area contributed by atoms with Gasteiger partial charge in [-0.15, -0.1) is 0 Å². The summed E-state index contributed by atoms with van der Waals surface area (Å²) < 4.78 is 10.8. The minimum absolute atomic E-state index is 0.210. The molecule has 1 aromatic carbocycles. The minimum atomic E-state index is -0.210. The van der Waals surface area contributed by atoms with Crippen LogP contribution in [0.15, 0.2) is 57.7 Å². The average molecular weight is 418 g/mol. The van der Waals surface area contributed by atoms with Crippen LogP contribution in [0.3, 0.4) is 0 Å². The molecule has 0 spiro atoms. The van der Waals surface area contributed by atoms with Crippen molar-refractivity contribution in [1.29, 1.82) is 0 Å². The second-order valence-electron chi connectivity index (χ2n) is 7.94. The molecule has 160 valence electrons. The van der Waals surface area contributed by atoms with Gasteiger partial charge in [0.25, 0.3) is 11.6 Å². The van der Waals surface area contributed by atoms with E-state index in [4.69, 9.17) is 8.94 Å². The highest BCUT2D eigenvalue weighted by atomic mass is 16.5. The molecule has 3 aromatic heterocycles. The maximum absolute atomic E-state index is 13.2. The Labute approximate surface area is 181 Å². The largest absolute Gasteiger partial charge is 0.463 e. The van der Waals surface area contributed by atoms with Gasteiger partial charge in [0.15, 0.2) is 5.76 Å². The number of fused-ring (bicyclic) bond motifs is 1. The van der Waals surface area contributed by atoms with Crippen LogP contribution in [0.5, 0.6) is 0 Å². The number of pyridine rings is 1. The Morgan fingerprint density at radius 2 is 1.94 bits per heavy atom. The van der Waals surface area contributed by atoms with E-state index >= 15 is 0 Å². The Hall–Kier alpha value is -3.45. The third-order valence-corrected chi connectivity index (χ3v) is 5.49. The number of rotatable bonds is 7. The van der Waals surface area contributed by atoms with Crippen molar-refractivity contribution >= 4 is 17.0 Å². The van der Waals surface area contributed by atoms with Gasteiger partial charge in [-0.05, 0) is 57.1 Å². The van der Waals surface area contributed by atoms with Crippen molar-refractivity contribution in [3.8, 4) is 11.5 Å². The van der Waals surface area contributed by atoms with E-state index in [0.29, 0.717) is 46.4 Å². The fourth-order valence-corrected chi connectivity index (χ4v) is 3.43. The zero-order valence-electron chi connectivity index (χ0n) is 18.2. The van der Waals surface area contributed by atoms with Crippen molar-refractivity contribution in [3.63, 3.8) is 0 Å². The Kier molecular flexibility index (Phi) is 5.86. The molecule has 0 aliphatic heterocycles. The molecule has 7 heteroatoms. The number of nitrogens with zero attached hydrogens (tertiary/aromatic N) is 3. The second-order valence-corrected chi connectivity index (χ2v) is 7.94. The summed E-state index contributed by atoms with van der Waals surface area (Å²) >= 11 is 0. The summed E-state index contributed by atoms with van der Waals surface area (Å²) in [6.45, 7) is 7.36. The van der Waals surface area contributed by atoms with Gasteiger partial charge < -0.3 is 14.3 Å². The quantitative estimate of drug-likeness (QED) is 0.474. The topological polar surface area (TPSA) is 84.4 Å². The van der Waals surface area contributed by atoms with Crippen molar-refractivity contribution in [3.05, 3.63) is 71.1 Å². The van der Waals surface area contributed by atoms with Crippen LogP contribution in [0.1, 0.15) is 41.0 Å². The van der Waals surface area contributed by atoms with Crippen LogP contribution in [0.4, 0.5) is 0 Å². The van der Waals surface area contributed by atoms with E-state index in [1.807, 2.05) is 18.2 Å². The molecule has 0 bridgehead atoms. The van der Waals surface area contributed by atoms with Gasteiger partial charge in [-0.25, -0.2) is 4.98 Å². The highest BCUT2D eigenvalue weighted by Crippen LogP contribution is 2.27. The first-order chi connectivity index (χ1) is 14.9. The molecule has 4 aromatic rings. The Bertz CT molecular complexity index is 1190. The number of amides is 1. The summed E-state index contributed by atoms with van der Waals surface area (Å²) in [6.07, 6.45) is 1.57. The monoisotopic (exact) mass is 418 g/mol. The fourth-order valence-electron chi connectivity index (χ4n) is 3.43. The number of furan rings is 1. The lowest BCUT2D eigenvalue weighted by Gasteiger charge is -2.22. The van der Waals surface area contributed by atoms with E-state index in [1.165, 1.54) is 5.56 Å². The highest BCUT2D eigenvalue weighted by Gasteiger charge is 2.20. The fraction of sp³-hybridized carbons (Fsp3) is 0.292. The van der Waals surface area contributed by atoms with E-state index in [-0.39, 0.29) is 5.91 Å². The van der Waals surface area contributed by atoms with Crippen LogP contribution in [0.25, 0.3) is 22.6 Å². The lowest BCUT2D eigenvalue weighted by molar-refractivity contribution is 0.0952. The van der Waals surface area contributed by atoms with Crippen molar-refractivity contribution in [2.75, 3.05) is 7.05 Å². The van der Waals surface area contributed by atoms with Crippen molar-refractivity contribution in [2.24, 2.45) is 0 Å². The first-order valence-corrected chi connectivity index (χ1v) is 10.3. The molecule has 1 amide bonds. The molecule has 0 saturated carbocycles. The van der Waals surface area contributed by atoms with Crippen LogP contribution in [0, 0.1) is 6.92 Å². The number of carbonyl (C=O) groups is 1. The molecule has 0 atom stereocenters. The molecule has 0 saturated heterocycles. The minimum Gasteiger partial charge on any atom is -0.463 e. The third-order valence-electron chi connectivity index (χ3n) is 5.49. The van der Waals surface area contributed by atoms with Crippen molar-refractivity contribution in [2.45, 2.75) is 39.9 Å².